The van der Waals surface area contributed by atoms with E-state index < -0.39 is 17.5 Å². The minimum absolute atomic E-state index is 0.0719. The van der Waals surface area contributed by atoms with Gasteiger partial charge in [0.1, 0.15) is 12.1 Å². The van der Waals surface area contributed by atoms with Crippen molar-refractivity contribution in [3.8, 4) is 11.3 Å². The van der Waals surface area contributed by atoms with E-state index in [4.69, 9.17) is 0 Å². The molecule has 0 bridgehead atoms. The van der Waals surface area contributed by atoms with Crippen LogP contribution < -0.4 is 10.6 Å². The summed E-state index contributed by atoms with van der Waals surface area (Å²) in [5.74, 6) is -0.604. The van der Waals surface area contributed by atoms with Gasteiger partial charge in [0, 0.05) is 16.6 Å². The third-order valence-electron chi connectivity index (χ3n) is 5.89. The molecule has 8 heteroatoms. The summed E-state index contributed by atoms with van der Waals surface area (Å²) < 4.78 is 0. The number of anilines is 1. The summed E-state index contributed by atoms with van der Waals surface area (Å²) in [6.45, 7) is 3.66. The highest BCUT2D eigenvalue weighted by atomic mass is 32.1. The van der Waals surface area contributed by atoms with E-state index in [0.29, 0.717) is 12.1 Å². The fourth-order valence-electron chi connectivity index (χ4n) is 4.20. The zero-order chi connectivity index (χ0) is 20.6. The first-order chi connectivity index (χ1) is 13.9. The summed E-state index contributed by atoms with van der Waals surface area (Å²) in [7, 11) is 0. The van der Waals surface area contributed by atoms with Crippen molar-refractivity contribution in [1.82, 2.24) is 15.2 Å². The predicted octanol–water partition coefficient (Wildman–Crippen LogP) is 3.56. The van der Waals surface area contributed by atoms with Gasteiger partial charge in [0.05, 0.1) is 10.7 Å². The van der Waals surface area contributed by atoms with Gasteiger partial charge in [-0.25, -0.2) is 9.78 Å². The van der Waals surface area contributed by atoms with Gasteiger partial charge in [0.15, 0.2) is 0 Å². The first kappa shape index (κ1) is 19.6. The lowest BCUT2D eigenvalue weighted by molar-refractivity contribution is -0.136. The van der Waals surface area contributed by atoms with E-state index in [1.165, 1.54) is 0 Å². The van der Waals surface area contributed by atoms with Gasteiger partial charge in [0.25, 0.3) is 5.91 Å². The van der Waals surface area contributed by atoms with Crippen LogP contribution in [-0.2, 0) is 9.59 Å². The highest BCUT2D eigenvalue weighted by Crippen LogP contribution is 2.38. The highest BCUT2D eigenvalue weighted by molar-refractivity contribution is 7.09. The Labute approximate surface area is 173 Å². The molecular formula is C21H24N4O3S. The van der Waals surface area contributed by atoms with Gasteiger partial charge in [-0.3, -0.25) is 14.5 Å². The summed E-state index contributed by atoms with van der Waals surface area (Å²) in [6.07, 6.45) is 3.50. The lowest BCUT2D eigenvalue weighted by atomic mass is 9.73. The number of amides is 4. The number of nitrogens with one attached hydrogen (secondary N) is 2. The van der Waals surface area contributed by atoms with Gasteiger partial charge in [0.2, 0.25) is 5.91 Å². The average molecular weight is 413 g/mol. The summed E-state index contributed by atoms with van der Waals surface area (Å²) in [4.78, 5) is 43.3. The topological polar surface area (TPSA) is 91.4 Å². The van der Waals surface area contributed by atoms with Crippen LogP contribution in [0.15, 0.2) is 29.6 Å². The number of carbonyl (C=O) groups is 3. The Bertz CT molecular complexity index is 955. The lowest BCUT2D eigenvalue weighted by Crippen LogP contribution is -2.54. The average Bonchev–Trinajstić information content (AvgIpc) is 3.22. The Morgan fingerprint density at radius 2 is 2.07 bits per heavy atom. The second kappa shape index (κ2) is 7.59. The Morgan fingerprint density at radius 3 is 2.72 bits per heavy atom. The van der Waals surface area contributed by atoms with Crippen molar-refractivity contribution in [3.05, 3.63) is 34.7 Å². The molecule has 2 atom stereocenters. The van der Waals surface area contributed by atoms with Crippen LogP contribution in [0.25, 0.3) is 11.3 Å². The molecule has 1 saturated carbocycles. The van der Waals surface area contributed by atoms with Crippen molar-refractivity contribution in [2.24, 2.45) is 5.92 Å². The minimum atomic E-state index is -0.844. The Balaban J connectivity index is 1.40. The number of rotatable bonds is 4. The summed E-state index contributed by atoms with van der Waals surface area (Å²) in [6, 6.07) is 6.87. The summed E-state index contributed by atoms with van der Waals surface area (Å²) in [5.41, 5.74) is 1.63. The largest absolute Gasteiger partial charge is 0.325 e. The van der Waals surface area contributed by atoms with Crippen LogP contribution in [0.4, 0.5) is 10.5 Å². The predicted molar refractivity (Wildman–Crippen MR) is 112 cm³/mol. The van der Waals surface area contributed by atoms with E-state index in [0.717, 1.165) is 40.4 Å². The van der Waals surface area contributed by atoms with Crippen LogP contribution in [0.2, 0.25) is 0 Å². The van der Waals surface area contributed by atoms with E-state index in [1.54, 1.807) is 23.5 Å². The van der Waals surface area contributed by atoms with Crippen molar-refractivity contribution in [2.75, 3.05) is 11.9 Å². The highest BCUT2D eigenvalue weighted by Gasteiger charge is 2.55. The van der Waals surface area contributed by atoms with E-state index in [1.807, 2.05) is 31.4 Å². The summed E-state index contributed by atoms with van der Waals surface area (Å²) >= 11 is 1.59. The van der Waals surface area contributed by atoms with Crippen LogP contribution in [0.3, 0.4) is 0 Å². The molecule has 1 aromatic heterocycles. The van der Waals surface area contributed by atoms with Crippen molar-refractivity contribution in [3.63, 3.8) is 0 Å². The lowest BCUT2D eigenvalue weighted by Gasteiger charge is -2.36. The molecule has 1 aromatic carbocycles. The van der Waals surface area contributed by atoms with Crippen molar-refractivity contribution < 1.29 is 14.4 Å². The number of hydrogen-bond donors (Lipinski definition) is 2. The molecule has 29 heavy (non-hydrogen) atoms. The maximum atomic E-state index is 13.0. The molecule has 1 aliphatic carbocycles. The Hall–Kier alpha value is -2.74. The zero-order valence-electron chi connectivity index (χ0n) is 16.5. The number of benzene rings is 1. The molecule has 1 saturated heterocycles. The van der Waals surface area contributed by atoms with Crippen molar-refractivity contribution >= 4 is 34.9 Å². The maximum absolute atomic E-state index is 13.0. The van der Waals surface area contributed by atoms with Crippen LogP contribution in [0.5, 0.6) is 0 Å². The second-order valence-electron chi connectivity index (χ2n) is 7.82. The van der Waals surface area contributed by atoms with Gasteiger partial charge in [-0.2, -0.15) is 0 Å². The SMILES string of the molecule is Cc1nc(-c2ccc(NC(=O)CN3C(=O)NC4(CCCCC4C)C3=O)cc2)cs1. The number of aryl methyl sites for hydroxylation is 1. The van der Waals surface area contributed by atoms with E-state index in [2.05, 4.69) is 15.6 Å². The number of nitrogens with zero attached hydrogens (tertiary/aromatic N) is 2. The fourth-order valence-corrected chi connectivity index (χ4v) is 4.83. The van der Waals surface area contributed by atoms with Gasteiger partial charge in [-0.05, 0) is 37.8 Å². The van der Waals surface area contributed by atoms with E-state index in [-0.39, 0.29) is 18.4 Å². The molecule has 4 amide bonds. The maximum Gasteiger partial charge on any atom is 0.325 e. The molecule has 2 heterocycles. The van der Waals surface area contributed by atoms with E-state index in [9.17, 15) is 14.4 Å². The molecule has 7 nitrogen and oxygen atoms in total. The van der Waals surface area contributed by atoms with Crippen LogP contribution in [0, 0.1) is 12.8 Å². The number of imide groups is 1. The molecule has 2 aliphatic rings. The molecule has 2 fully saturated rings. The number of thiazole rings is 1. The molecule has 152 valence electrons. The monoisotopic (exact) mass is 412 g/mol. The van der Waals surface area contributed by atoms with Crippen molar-refractivity contribution in [1.29, 1.82) is 0 Å². The Morgan fingerprint density at radius 1 is 1.31 bits per heavy atom. The third-order valence-corrected chi connectivity index (χ3v) is 6.66. The third kappa shape index (κ3) is 3.64. The van der Waals surface area contributed by atoms with Crippen LogP contribution in [0.1, 0.15) is 37.6 Å². The van der Waals surface area contributed by atoms with Crippen molar-refractivity contribution in [2.45, 2.75) is 45.1 Å². The molecule has 1 aliphatic heterocycles. The Kier molecular flexibility index (Phi) is 5.12. The van der Waals surface area contributed by atoms with E-state index >= 15 is 0 Å². The molecule has 4 rings (SSSR count). The normalized spacial score (nSPS) is 24.1. The zero-order valence-corrected chi connectivity index (χ0v) is 17.3. The van der Waals surface area contributed by atoms with Gasteiger partial charge < -0.3 is 10.6 Å². The second-order valence-corrected chi connectivity index (χ2v) is 8.88. The summed E-state index contributed by atoms with van der Waals surface area (Å²) in [5, 5.41) is 8.62. The molecule has 0 radical (unpaired) electrons. The van der Waals surface area contributed by atoms with Gasteiger partial charge in [-0.1, -0.05) is 31.9 Å². The smallest absolute Gasteiger partial charge is 0.325 e. The quantitative estimate of drug-likeness (QED) is 0.751. The number of hydrogen-bond acceptors (Lipinski definition) is 5. The fraction of sp³-hybridized carbons (Fsp3) is 0.429. The number of carbonyl (C=O) groups excluding carboxylic acids is 3. The standard InChI is InChI=1S/C21H24N4O3S/c1-13-5-3-4-10-21(13)19(27)25(20(28)24-21)11-18(26)23-16-8-6-15(7-9-16)17-12-29-14(2)22-17/h6-9,12-13H,3-5,10-11H2,1-2H3,(H,23,26)(H,24,28). The van der Waals surface area contributed by atoms with Crippen LogP contribution in [-0.4, -0.2) is 39.8 Å². The van der Waals surface area contributed by atoms with Gasteiger partial charge >= 0.3 is 6.03 Å². The van der Waals surface area contributed by atoms with Gasteiger partial charge in [-0.15, -0.1) is 11.3 Å². The molecule has 2 aromatic rings. The number of aromatic nitrogens is 1. The molecule has 1 spiro atoms. The molecule has 2 unspecified atom stereocenters. The molecular weight excluding hydrogens is 388 g/mol. The minimum Gasteiger partial charge on any atom is -0.325 e. The number of urea groups is 1. The first-order valence-corrected chi connectivity index (χ1v) is 10.7. The van der Waals surface area contributed by atoms with Crippen LogP contribution >= 0.6 is 11.3 Å². The molecule has 2 N–H and O–H groups in total. The first-order valence-electron chi connectivity index (χ1n) is 9.85.